The van der Waals surface area contributed by atoms with Gasteiger partial charge in [-0.25, -0.2) is 4.98 Å². The Morgan fingerprint density at radius 2 is 2.25 bits per heavy atom. The highest BCUT2D eigenvalue weighted by molar-refractivity contribution is 5.45. The number of nitrogens with two attached hydrogens (primary N) is 1. The molecule has 2 aromatic rings. The van der Waals surface area contributed by atoms with E-state index in [0.29, 0.717) is 13.1 Å². The molecule has 0 saturated heterocycles. The van der Waals surface area contributed by atoms with Crippen LogP contribution in [0.15, 0.2) is 41.1 Å². The van der Waals surface area contributed by atoms with Gasteiger partial charge in [-0.05, 0) is 18.2 Å². The zero-order valence-corrected chi connectivity index (χ0v) is 9.26. The zero-order chi connectivity index (χ0) is 11.4. The van der Waals surface area contributed by atoms with E-state index in [4.69, 9.17) is 10.2 Å². The summed E-state index contributed by atoms with van der Waals surface area (Å²) >= 11 is 0. The maximum Gasteiger partial charge on any atom is 0.133 e. The van der Waals surface area contributed by atoms with Crippen molar-refractivity contribution in [3.63, 3.8) is 0 Å². The summed E-state index contributed by atoms with van der Waals surface area (Å²) in [7, 11) is 1.98. The van der Waals surface area contributed by atoms with Crippen molar-refractivity contribution in [1.82, 2.24) is 4.98 Å². The summed E-state index contributed by atoms with van der Waals surface area (Å²) < 4.78 is 5.30. The molecule has 84 valence electrons. The van der Waals surface area contributed by atoms with Crippen LogP contribution in [0, 0.1) is 0 Å². The molecule has 0 saturated carbocycles. The van der Waals surface area contributed by atoms with E-state index in [1.165, 1.54) is 0 Å². The van der Waals surface area contributed by atoms with Gasteiger partial charge in [0.2, 0.25) is 0 Å². The van der Waals surface area contributed by atoms with Crippen molar-refractivity contribution in [1.29, 1.82) is 0 Å². The number of pyridine rings is 1. The Morgan fingerprint density at radius 3 is 2.94 bits per heavy atom. The van der Waals surface area contributed by atoms with Crippen LogP contribution in [-0.4, -0.2) is 12.0 Å². The molecule has 2 N–H and O–H groups in total. The quantitative estimate of drug-likeness (QED) is 0.848. The van der Waals surface area contributed by atoms with Crippen molar-refractivity contribution in [2.45, 2.75) is 13.1 Å². The second-order valence-electron chi connectivity index (χ2n) is 3.63. The molecule has 0 spiro atoms. The third-order valence-electron chi connectivity index (χ3n) is 2.42. The normalized spacial score (nSPS) is 10.4. The van der Waals surface area contributed by atoms with Gasteiger partial charge in [0.05, 0.1) is 12.8 Å². The van der Waals surface area contributed by atoms with Gasteiger partial charge in [-0.15, -0.1) is 0 Å². The van der Waals surface area contributed by atoms with Gasteiger partial charge in [-0.2, -0.15) is 0 Å². The van der Waals surface area contributed by atoms with Gasteiger partial charge >= 0.3 is 0 Å². The monoisotopic (exact) mass is 217 g/mol. The lowest BCUT2D eigenvalue weighted by Gasteiger charge is -2.19. The fourth-order valence-electron chi connectivity index (χ4n) is 1.64. The maximum absolute atomic E-state index is 5.67. The van der Waals surface area contributed by atoms with Gasteiger partial charge in [0.25, 0.3) is 0 Å². The first-order valence-corrected chi connectivity index (χ1v) is 5.18. The zero-order valence-electron chi connectivity index (χ0n) is 9.26. The van der Waals surface area contributed by atoms with Crippen LogP contribution >= 0.6 is 0 Å². The number of hydrogen-bond donors (Lipinski definition) is 1. The van der Waals surface area contributed by atoms with Gasteiger partial charge in [0.15, 0.2) is 0 Å². The highest BCUT2D eigenvalue weighted by atomic mass is 16.3. The van der Waals surface area contributed by atoms with E-state index >= 15 is 0 Å². The third kappa shape index (κ3) is 2.23. The average Bonchev–Trinajstić information content (AvgIpc) is 2.81. The molecule has 0 atom stereocenters. The van der Waals surface area contributed by atoms with Crippen LogP contribution in [0.1, 0.15) is 11.3 Å². The van der Waals surface area contributed by atoms with Gasteiger partial charge in [-0.3, -0.25) is 0 Å². The Kier molecular flexibility index (Phi) is 3.22. The SMILES string of the molecule is CN(Cc1ccco1)c1ncccc1CN. The first-order valence-electron chi connectivity index (χ1n) is 5.18. The minimum absolute atomic E-state index is 0.492. The minimum Gasteiger partial charge on any atom is -0.467 e. The number of nitrogens with zero attached hydrogens (tertiary/aromatic N) is 2. The molecule has 0 fully saturated rings. The van der Waals surface area contributed by atoms with Crippen molar-refractivity contribution in [2.75, 3.05) is 11.9 Å². The van der Waals surface area contributed by atoms with Crippen LogP contribution < -0.4 is 10.6 Å². The van der Waals surface area contributed by atoms with Gasteiger partial charge in [-0.1, -0.05) is 6.07 Å². The van der Waals surface area contributed by atoms with Crippen molar-refractivity contribution in [3.05, 3.63) is 48.0 Å². The van der Waals surface area contributed by atoms with E-state index in [0.717, 1.165) is 17.1 Å². The van der Waals surface area contributed by atoms with Crippen LogP contribution in [0.3, 0.4) is 0 Å². The van der Waals surface area contributed by atoms with Gasteiger partial charge in [0, 0.05) is 25.4 Å². The van der Waals surface area contributed by atoms with E-state index in [9.17, 15) is 0 Å². The molecule has 4 heteroatoms. The molecule has 0 bridgehead atoms. The number of furan rings is 1. The van der Waals surface area contributed by atoms with Crippen LogP contribution in [0.4, 0.5) is 5.82 Å². The molecular weight excluding hydrogens is 202 g/mol. The van der Waals surface area contributed by atoms with E-state index in [1.54, 1.807) is 12.5 Å². The van der Waals surface area contributed by atoms with Crippen molar-refractivity contribution < 1.29 is 4.42 Å². The summed E-state index contributed by atoms with van der Waals surface area (Å²) in [6, 6.07) is 7.71. The fourth-order valence-corrected chi connectivity index (χ4v) is 1.64. The lowest BCUT2D eigenvalue weighted by Crippen LogP contribution is -2.19. The number of hydrogen-bond acceptors (Lipinski definition) is 4. The number of rotatable bonds is 4. The largest absolute Gasteiger partial charge is 0.467 e. The Balaban J connectivity index is 2.17. The molecule has 2 rings (SSSR count). The molecule has 0 aliphatic rings. The molecule has 0 aliphatic heterocycles. The van der Waals surface area contributed by atoms with Crippen molar-refractivity contribution >= 4 is 5.82 Å². The Labute approximate surface area is 94.7 Å². The highest BCUT2D eigenvalue weighted by Gasteiger charge is 2.08. The van der Waals surface area contributed by atoms with E-state index in [2.05, 4.69) is 4.98 Å². The molecular formula is C12H15N3O. The first-order chi connectivity index (χ1) is 7.81. The molecule has 0 aliphatic carbocycles. The van der Waals surface area contributed by atoms with E-state index in [1.807, 2.05) is 36.2 Å². The highest BCUT2D eigenvalue weighted by Crippen LogP contribution is 2.17. The Bertz CT molecular complexity index is 439. The summed E-state index contributed by atoms with van der Waals surface area (Å²) in [5.41, 5.74) is 6.71. The first kappa shape index (κ1) is 10.7. The van der Waals surface area contributed by atoms with Crippen LogP contribution in [0.2, 0.25) is 0 Å². The van der Waals surface area contributed by atoms with Gasteiger partial charge in [0.1, 0.15) is 11.6 Å². The molecule has 0 aromatic carbocycles. The molecule has 0 unspecified atom stereocenters. The third-order valence-corrected chi connectivity index (χ3v) is 2.42. The lowest BCUT2D eigenvalue weighted by molar-refractivity contribution is 0.506. The van der Waals surface area contributed by atoms with Crippen LogP contribution in [0.25, 0.3) is 0 Å². The predicted molar refractivity (Wildman–Crippen MR) is 62.9 cm³/mol. The summed E-state index contributed by atoms with van der Waals surface area (Å²) in [6.45, 7) is 1.18. The van der Waals surface area contributed by atoms with Crippen LogP contribution in [-0.2, 0) is 13.1 Å². The summed E-state index contributed by atoms with van der Waals surface area (Å²) in [5, 5.41) is 0. The standard InChI is InChI=1S/C12H15N3O/c1-15(9-11-5-3-7-16-11)12-10(8-13)4-2-6-14-12/h2-7H,8-9,13H2,1H3. The fraction of sp³-hybridized carbons (Fsp3) is 0.250. The second-order valence-corrected chi connectivity index (χ2v) is 3.63. The van der Waals surface area contributed by atoms with Gasteiger partial charge < -0.3 is 15.1 Å². The smallest absolute Gasteiger partial charge is 0.133 e. The predicted octanol–water partition coefficient (Wildman–Crippen LogP) is 1.77. The van der Waals surface area contributed by atoms with Crippen molar-refractivity contribution in [3.8, 4) is 0 Å². The molecule has 2 heterocycles. The van der Waals surface area contributed by atoms with E-state index in [-0.39, 0.29) is 0 Å². The average molecular weight is 217 g/mol. The maximum atomic E-state index is 5.67. The number of anilines is 1. The second kappa shape index (κ2) is 4.81. The molecule has 16 heavy (non-hydrogen) atoms. The topological polar surface area (TPSA) is 55.3 Å². The summed E-state index contributed by atoms with van der Waals surface area (Å²) in [5.74, 6) is 1.82. The Morgan fingerprint density at radius 1 is 1.38 bits per heavy atom. The van der Waals surface area contributed by atoms with Crippen LogP contribution in [0.5, 0.6) is 0 Å². The number of aromatic nitrogens is 1. The summed E-state index contributed by atoms with van der Waals surface area (Å²) in [4.78, 5) is 6.36. The molecule has 0 amide bonds. The Hall–Kier alpha value is -1.81. The summed E-state index contributed by atoms with van der Waals surface area (Å²) in [6.07, 6.45) is 3.44. The lowest BCUT2D eigenvalue weighted by atomic mass is 10.2. The molecule has 0 radical (unpaired) electrons. The van der Waals surface area contributed by atoms with Crippen molar-refractivity contribution in [2.24, 2.45) is 5.73 Å². The molecule has 4 nitrogen and oxygen atoms in total. The van der Waals surface area contributed by atoms with E-state index < -0.39 is 0 Å². The molecule has 2 aromatic heterocycles. The minimum atomic E-state index is 0.492.